The maximum absolute atomic E-state index is 12.8. The average Bonchev–Trinajstić information content (AvgIpc) is 2.83. The first-order valence-electron chi connectivity index (χ1n) is 6.31. The Hall–Kier alpha value is -1.34. The van der Waals surface area contributed by atoms with E-state index in [0.29, 0.717) is 5.82 Å². The molecular weight excluding hydrogens is 293 g/mol. The quantitative estimate of drug-likeness (QED) is 0.879. The summed E-state index contributed by atoms with van der Waals surface area (Å²) in [6, 6.07) is 0.794. The number of fused-ring (bicyclic) bond motifs is 1. The number of halogens is 4. The molecule has 1 N–H and O–H groups in total. The molecule has 1 unspecified atom stereocenters. The number of aromatic nitrogens is 3. The number of nitrogens with one attached hydrogen (secondary N) is 1. The number of piperidine rings is 1. The third kappa shape index (κ3) is 2.35. The van der Waals surface area contributed by atoms with Gasteiger partial charge < -0.3 is 5.32 Å². The molecule has 1 aliphatic rings. The molecule has 3 heterocycles. The molecule has 8 heteroatoms. The van der Waals surface area contributed by atoms with Crippen molar-refractivity contribution in [2.24, 2.45) is 0 Å². The number of hydrogen-bond donors (Lipinski definition) is 1. The van der Waals surface area contributed by atoms with Gasteiger partial charge in [-0.15, -0.1) is 10.2 Å². The Kier molecular flexibility index (Phi) is 3.33. The summed E-state index contributed by atoms with van der Waals surface area (Å²) < 4.78 is 39.9. The van der Waals surface area contributed by atoms with Crippen LogP contribution in [0.3, 0.4) is 0 Å². The molecule has 1 atom stereocenters. The first-order valence-corrected chi connectivity index (χ1v) is 6.69. The average molecular weight is 305 g/mol. The van der Waals surface area contributed by atoms with E-state index in [2.05, 4.69) is 15.5 Å². The van der Waals surface area contributed by atoms with Crippen LogP contribution in [0.25, 0.3) is 5.65 Å². The summed E-state index contributed by atoms with van der Waals surface area (Å²) in [5, 5.41) is 11.1. The Bertz CT molecular complexity index is 631. The second-order valence-electron chi connectivity index (χ2n) is 4.83. The summed E-state index contributed by atoms with van der Waals surface area (Å²) in [6.45, 7) is 0.826. The van der Waals surface area contributed by atoms with Crippen LogP contribution in [-0.4, -0.2) is 21.1 Å². The number of alkyl halides is 3. The highest BCUT2D eigenvalue weighted by Gasteiger charge is 2.33. The summed E-state index contributed by atoms with van der Waals surface area (Å²) in [7, 11) is 0. The Morgan fingerprint density at radius 2 is 2.10 bits per heavy atom. The molecule has 0 bridgehead atoms. The fourth-order valence-corrected chi connectivity index (χ4v) is 2.68. The van der Waals surface area contributed by atoms with Crippen molar-refractivity contribution in [3.63, 3.8) is 0 Å². The molecule has 0 spiro atoms. The first kappa shape index (κ1) is 13.6. The van der Waals surface area contributed by atoms with Gasteiger partial charge in [-0.25, -0.2) is 0 Å². The van der Waals surface area contributed by atoms with Gasteiger partial charge in [0, 0.05) is 6.20 Å². The number of hydrogen-bond acceptors (Lipinski definition) is 3. The van der Waals surface area contributed by atoms with Crippen molar-refractivity contribution in [3.8, 4) is 0 Å². The Labute approximate surface area is 117 Å². The maximum Gasteiger partial charge on any atom is 0.417 e. The predicted octanol–water partition coefficient (Wildman–Crippen LogP) is 3.22. The highest BCUT2D eigenvalue weighted by molar-refractivity contribution is 6.33. The van der Waals surface area contributed by atoms with Gasteiger partial charge in [-0.1, -0.05) is 18.0 Å². The van der Waals surface area contributed by atoms with Crippen LogP contribution in [0.5, 0.6) is 0 Å². The highest BCUT2D eigenvalue weighted by atomic mass is 35.5. The molecule has 1 aliphatic heterocycles. The molecule has 2 aromatic heterocycles. The molecule has 108 valence electrons. The number of rotatable bonds is 1. The van der Waals surface area contributed by atoms with Gasteiger partial charge in [-0.2, -0.15) is 13.2 Å². The van der Waals surface area contributed by atoms with E-state index in [1.807, 2.05) is 0 Å². The molecule has 4 nitrogen and oxygen atoms in total. The monoisotopic (exact) mass is 304 g/mol. The molecule has 0 radical (unpaired) electrons. The van der Waals surface area contributed by atoms with Gasteiger partial charge in [0.25, 0.3) is 0 Å². The van der Waals surface area contributed by atoms with Gasteiger partial charge in [0.15, 0.2) is 11.5 Å². The zero-order valence-electron chi connectivity index (χ0n) is 10.4. The van der Waals surface area contributed by atoms with Gasteiger partial charge in [0.2, 0.25) is 0 Å². The second-order valence-corrected chi connectivity index (χ2v) is 5.24. The summed E-state index contributed by atoms with van der Waals surface area (Å²) in [6.07, 6.45) is -0.540. The van der Waals surface area contributed by atoms with Crippen LogP contribution in [0, 0.1) is 0 Å². The molecular formula is C12H12ClF3N4. The van der Waals surface area contributed by atoms with Gasteiger partial charge >= 0.3 is 6.18 Å². The van der Waals surface area contributed by atoms with Crippen LogP contribution in [0.2, 0.25) is 5.02 Å². The molecule has 3 rings (SSSR count). The molecule has 1 fully saturated rings. The maximum atomic E-state index is 12.8. The molecule has 2 aromatic rings. The normalized spacial score (nSPS) is 20.5. The van der Waals surface area contributed by atoms with Crippen LogP contribution in [-0.2, 0) is 6.18 Å². The van der Waals surface area contributed by atoms with Crippen LogP contribution in [0.1, 0.15) is 36.7 Å². The van der Waals surface area contributed by atoms with E-state index in [1.165, 1.54) is 4.40 Å². The SMILES string of the molecule is FC(F)(F)c1cc(Cl)c2nnc(C3CCCCN3)n2c1. The van der Waals surface area contributed by atoms with Gasteiger partial charge in [-0.3, -0.25) is 4.40 Å². The summed E-state index contributed by atoms with van der Waals surface area (Å²) >= 11 is 5.88. The molecule has 0 amide bonds. The van der Waals surface area contributed by atoms with Crippen molar-refractivity contribution in [2.45, 2.75) is 31.5 Å². The van der Waals surface area contributed by atoms with Crippen molar-refractivity contribution in [2.75, 3.05) is 6.54 Å². The summed E-state index contributed by atoms with van der Waals surface area (Å²) in [5.74, 6) is 0.479. The van der Waals surface area contributed by atoms with Crippen molar-refractivity contribution in [1.29, 1.82) is 0 Å². The van der Waals surface area contributed by atoms with E-state index < -0.39 is 11.7 Å². The van der Waals surface area contributed by atoms with Crippen molar-refractivity contribution in [3.05, 3.63) is 28.7 Å². The molecule has 20 heavy (non-hydrogen) atoms. The molecule has 1 saturated heterocycles. The first-order chi connectivity index (χ1) is 9.47. The van der Waals surface area contributed by atoms with E-state index in [1.54, 1.807) is 0 Å². The van der Waals surface area contributed by atoms with E-state index >= 15 is 0 Å². The van der Waals surface area contributed by atoms with Gasteiger partial charge in [0.05, 0.1) is 16.6 Å². The lowest BCUT2D eigenvalue weighted by atomic mass is 10.0. The lowest BCUT2D eigenvalue weighted by Crippen LogP contribution is -2.28. The molecule has 0 saturated carbocycles. The minimum Gasteiger partial charge on any atom is -0.307 e. The number of nitrogens with zero attached hydrogens (tertiary/aromatic N) is 3. The third-order valence-corrected chi connectivity index (χ3v) is 3.71. The Balaban J connectivity index is 2.12. The zero-order valence-corrected chi connectivity index (χ0v) is 11.2. The van der Waals surface area contributed by atoms with Crippen molar-refractivity contribution >= 4 is 17.2 Å². The Morgan fingerprint density at radius 1 is 1.30 bits per heavy atom. The second kappa shape index (κ2) is 4.89. The van der Waals surface area contributed by atoms with Crippen LogP contribution < -0.4 is 5.32 Å². The lowest BCUT2D eigenvalue weighted by molar-refractivity contribution is -0.137. The van der Waals surface area contributed by atoms with E-state index in [9.17, 15) is 13.2 Å². The largest absolute Gasteiger partial charge is 0.417 e. The minimum atomic E-state index is -4.45. The lowest BCUT2D eigenvalue weighted by Gasteiger charge is -2.22. The van der Waals surface area contributed by atoms with Gasteiger partial charge in [0.1, 0.15) is 0 Å². The van der Waals surface area contributed by atoms with E-state index in [0.717, 1.165) is 38.1 Å². The topological polar surface area (TPSA) is 42.2 Å². The standard InChI is InChI=1S/C12H12ClF3N4/c13-8-5-7(12(14,15)16)6-20-10(8)18-19-11(20)9-3-1-2-4-17-9/h5-6,9,17H,1-4H2. The Morgan fingerprint density at radius 3 is 2.75 bits per heavy atom. The van der Waals surface area contributed by atoms with Crippen LogP contribution in [0.15, 0.2) is 12.3 Å². The summed E-state index contributed by atoms with van der Waals surface area (Å²) in [5.41, 5.74) is -0.547. The minimum absolute atomic E-state index is 0.0469. The van der Waals surface area contributed by atoms with Gasteiger partial charge in [-0.05, 0) is 25.5 Å². The van der Waals surface area contributed by atoms with E-state index in [4.69, 9.17) is 11.6 Å². The summed E-state index contributed by atoms with van der Waals surface area (Å²) in [4.78, 5) is 0. The van der Waals surface area contributed by atoms with Crippen molar-refractivity contribution < 1.29 is 13.2 Å². The fourth-order valence-electron chi connectivity index (χ4n) is 2.44. The third-order valence-electron chi connectivity index (χ3n) is 3.44. The van der Waals surface area contributed by atoms with Crippen LogP contribution >= 0.6 is 11.6 Å². The smallest absolute Gasteiger partial charge is 0.307 e. The van der Waals surface area contributed by atoms with Crippen LogP contribution in [0.4, 0.5) is 13.2 Å². The fraction of sp³-hybridized carbons (Fsp3) is 0.500. The molecule has 0 aromatic carbocycles. The highest BCUT2D eigenvalue weighted by Crippen LogP contribution is 2.33. The van der Waals surface area contributed by atoms with Crippen molar-refractivity contribution in [1.82, 2.24) is 19.9 Å². The zero-order chi connectivity index (χ0) is 14.3. The molecule has 0 aliphatic carbocycles. The number of pyridine rings is 1. The predicted molar refractivity (Wildman–Crippen MR) is 67.6 cm³/mol. The van der Waals surface area contributed by atoms with E-state index in [-0.39, 0.29) is 16.7 Å².